The molecule has 3 rings (SSSR count). The minimum atomic E-state index is -3.85. The Kier molecular flexibility index (Phi) is 8.78. The van der Waals surface area contributed by atoms with Gasteiger partial charge in [-0.05, 0) is 56.8 Å². The molecule has 0 bridgehead atoms. The molecule has 37 heavy (non-hydrogen) atoms. The van der Waals surface area contributed by atoms with Crippen LogP contribution in [0.5, 0.6) is 0 Å². The molecule has 0 heterocycles. The summed E-state index contributed by atoms with van der Waals surface area (Å²) in [6, 6.07) is 16.7. The van der Waals surface area contributed by atoms with E-state index >= 15 is 0 Å². The molecule has 0 radical (unpaired) electrons. The molecule has 198 valence electrons. The number of nitrogens with one attached hydrogen (secondary N) is 1. The number of nitrogens with zero attached hydrogens (tertiary/aromatic N) is 2. The minimum Gasteiger partial charge on any atom is -0.350 e. The molecule has 3 aromatic carbocycles. The van der Waals surface area contributed by atoms with E-state index in [9.17, 15) is 18.0 Å². The first-order valence-electron chi connectivity index (χ1n) is 11.7. The van der Waals surface area contributed by atoms with Crippen molar-refractivity contribution in [3.63, 3.8) is 0 Å². The molecule has 0 aromatic heterocycles. The maximum Gasteiger partial charge on any atom is 0.244 e. The Morgan fingerprint density at radius 1 is 0.973 bits per heavy atom. The lowest BCUT2D eigenvalue weighted by Crippen LogP contribution is -2.54. The van der Waals surface area contributed by atoms with E-state index in [1.807, 2.05) is 45.0 Å². The molecule has 0 spiro atoms. The van der Waals surface area contributed by atoms with Gasteiger partial charge in [-0.3, -0.25) is 13.9 Å². The predicted octanol–water partition coefficient (Wildman–Crippen LogP) is 5.24. The number of carbonyl (C=O) groups excluding carboxylic acids is 2. The number of hydrogen-bond acceptors (Lipinski definition) is 4. The highest BCUT2D eigenvalue weighted by Gasteiger charge is 2.32. The lowest BCUT2D eigenvalue weighted by Gasteiger charge is -2.33. The van der Waals surface area contributed by atoms with Crippen molar-refractivity contribution in [2.24, 2.45) is 0 Å². The number of carbonyl (C=O) groups is 2. The first-order valence-corrected chi connectivity index (χ1v) is 14.3. The standard InChI is InChI=1S/C27H31Cl2N3O4S/c1-18(26(34)30-27(2,3)4)31(16-19-13-14-22(28)23(29)15-19)25(33)17-32(37(5,35)36)24-12-8-10-20-9-6-7-11-21(20)24/h6-15,18H,16-17H2,1-5H3,(H,30,34). The Labute approximate surface area is 228 Å². The molecule has 7 nitrogen and oxygen atoms in total. The number of rotatable bonds is 8. The molecule has 0 aliphatic carbocycles. The van der Waals surface area contributed by atoms with E-state index in [0.717, 1.165) is 15.9 Å². The van der Waals surface area contributed by atoms with Crippen molar-refractivity contribution in [1.29, 1.82) is 0 Å². The van der Waals surface area contributed by atoms with Crippen molar-refractivity contribution in [3.8, 4) is 0 Å². The molecule has 2 amide bonds. The van der Waals surface area contributed by atoms with Crippen LogP contribution in [0, 0.1) is 0 Å². The molecule has 0 saturated heterocycles. The van der Waals surface area contributed by atoms with Crippen molar-refractivity contribution in [1.82, 2.24) is 10.2 Å². The topological polar surface area (TPSA) is 86.8 Å². The smallest absolute Gasteiger partial charge is 0.244 e. The molecular weight excluding hydrogens is 533 g/mol. The van der Waals surface area contributed by atoms with E-state index in [1.54, 1.807) is 43.3 Å². The van der Waals surface area contributed by atoms with Gasteiger partial charge in [0.2, 0.25) is 21.8 Å². The van der Waals surface area contributed by atoms with Crippen molar-refractivity contribution >= 4 is 61.5 Å². The van der Waals surface area contributed by atoms with E-state index in [2.05, 4.69) is 5.32 Å². The number of halogens is 2. The van der Waals surface area contributed by atoms with E-state index < -0.39 is 34.1 Å². The van der Waals surface area contributed by atoms with E-state index in [1.165, 1.54) is 4.90 Å². The van der Waals surface area contributed by atoms with Gasteiger partial charge >= 0.3 is 0 Å². The van der Waals surface area contributed by atoms with Crippen LogP contribution >= 0.6 is 23.2 Å². The van der Waals surface area contributed by atoms with Crippen LogP contribution in [0.25, 0.3) is 10.8 Å². The van der Waals surface area contributed by atoms with Gasteiger partial charge in [0.25, 0.3) is 0 Å². The molecular formula is C27H31Cl2N3O4S. The molecule has 0 aliphatic rings. The quantitative estimate of drug-likeness (QED) is 0.405. The van der Waals surface area contributed by atoms with Gasteiger partial charge in [0.15, 0.2) is 0 Å². The number of hydrogen-bond donors (Lipinski definition) is 1. The van der Waals surface area contributed by atoms with Crippen LogP contribution in [0.2, 0.25) is 10.0 Å². The Hall–Kier alpha value is -2.81. The van der Waals surface area contributed by atoms with Crippen molar-refractivity contribution < 1.29 is 18.0 Å². The van der Waals surface area contributed by atoms with Crippen LogP contribution in [0.1, 0.15) is 33.3 Å². The summed E-state index contributed by atoms with van der Waals surface area (Å²) in [4.78, 5) is 28.2. The summed E-state index contributed by atoms with van der Waals surface area (Å²) >= 11 is 12.2. The van der Waals surface area contributed by atoms with Crippen LogP contribution in [-0.4, -0.2) is 49.5 Å². The van der Waals surface area contributed by atoms with Crippen LogP contribution in [0.4, 0.5) is 5.69 Å². The van der Waals surface area contributed by atoms with Crippen molar-refractivity contribution in [2.75, 3.05) is 17.1 Å². The normalized spacial score (nSPS) is 12.7. The Bertz CT molecular complexity index is 1420. The van der Waals surface area contributed by atoms with Crippen LogP contribution in [0.3, 0.4) is 0 Å². The zero-order valence-electron chi connectivity index (χ0n) is 21.5. The fourth-order valence-electron chi connectivity index (χ4n) is 3.91. The van der Waals surface area contributed by atoms with Gasteiger partial charge in [0.05, 0.1) is 22.0 Å². The number of sulfonamides is 1. The molecule has 1 atom stereocenters. The third-order valence-electron chi connectivity index (χ3n) is 5.72. The van der Waals surface area contributed by atoms with Gasteiger partial charge in [-0.25, -0.2) is 8.42 Å². The zero-order chi connectivity index (χ0) is 27.5. The Morgan fingerprint density at radius 2 is 1.62 bits per heavy atom. The fourth-order valence-corrected chi connectivity index (χ4v) is 5.09. The highest BCUT2D eigenvalue weighted by Crippen LogP contribution is 2.29. The number of amides is 2. The third-order valence-corrected chi connectivity index (χ3v) is 7.58. The van der Waals surface area contributed by atoms with Crippen LogP contribution in [0.15, 0.2) is 60.7 Å². The lowest BCUT2D eigenvalue weighted by molar-refractivity contribution is -0.140. The minimum absolute atomic E-state index is 0.0294. The average Bonchev–Trinajstić information content (AvgIpc) is 2.80. The first-order chi connectivity index (χ1) is 17.2. The SMILES string of the molecule is CC(C(=O)NC(C)(C)C)N(Cc1ccc(Cl)c(Cl)c1)C(=O)CN(c1cccc2ccccc12)S(C)(=O)=O. The number of fused-ring (bicyclic) bond motifs is 1. The monoisotopic (exact) mass is 563 g/mol. The molecule has 1 unspecified atom stereocenters. The maximum atomic E-state index is 13.8. The number of benzene rings is 3. The highest BCUT2D eigenvalue weighted by molar-refractivity contribution is 7.92. The predicted molar refractivity (Wildman–Crippen MR) is 151 cm³/mol. The average molecular weight is 565 g/mol. The molecule has 10 heteroatoms. The lowest BCUT2D eigenvalue weighted by atomic mass is 10.1. The zero-order valence-corrected chi connectivity index (χ0v) is 23.8. The molecule has 3 aromatic rings. The fraction of sp³-hybridized carbons (Fsp3) is 0.333. The molecule has 0 saturated carbocycles. The van der Waals surface area contributed by atoms with E-state index in [-0.39, 0.29) is 12.5 Å². The van der Waals surface area contributed by atoms with Gasteiger partial charge < -0.3 is 10.2 Å². The van der Waals surface area contributed by atoms with E-state index in [4.69, 9.17) is 23.2 Å². The molecule has 1 N–H and O–H groups in total. The second-order valence-corrected chi connectivity index (χ2v) is 12.7. The third kappa shape index (κ3) is 7.37. The second-order valence-electron chi connectivity index (χ2n) is 9.95. The van der Waals surface area contributed by atoms with Gasteiger partial charge in [0.1, 0.15) is 12.6 Å². The van der Waals surface area contributed by atoms with Gasteiger partial charge in [0, 0.05) is 17.5 Å². The van der Waals surface area contributed by atoms with Gasteiger partial charge in [-0.2, -0.15) is 0 Å². The van der Waals surface area contributed by atoms with Gasteiger partial charge in [-0.15, -0.1) is 0 Å². The largest absolute Gasteiger partial charge is 0.350 e. The van der Waals surface area contributed by atoms with Gasteiger partial charge in [-0.1, -0.05) is 65.7 Å². The highest BCUT2D eigenvalue weighted by atomic mass is 35.5. The first kappa shape index (κ1) is 28.8. The Morgan fingerprint density at radius 3 is 2.24 bits per heavy atom. The summed E-state index contributed by atoms with van der Waals surface area (Å²) in [5, 5.41) is 5.09. The summed E-state index contributed by atoms with van der Waals surface area (Å²) in [6.45, 7) is 6.68. The number of anilines is 1. The van der Waals surface area contributed by atoms with Crippen LogP contribution in [-0.2, 0) is 26.2 Å². The summed E-state index contributed by atoms with van der Waals surface area (Å²) in [5.74, 6) is -0.905. The maximum absolute atomic E-state index is 13.8. The molecule has 0 aliphatic heterocycles. The summed E-state index contributed by atoms with van der Waals surface area (Å²) in [6.07, 6.45) is 1.06. The second kappa shape index (κ2) is 11.3. The molecule has 0 fully saturated rings. The van der Waals surface area contributed by atoms with Crippen molar-refractivity contribution in [2.45, 2.75) is 45.8 Å². The summed E-state index contributed by atoms with van der Waals surface area (Å²) in [7, 11) is -3.85. The van der Waals surface area contributed by atoms with E-state index in [0.29, 0.717) is 26.7 Å². The summed E-state index contributed by atoms with van der Waals surface area (Å²) < 4.78 is 26.9. The summed E-state index contributed by atoms with van der Waals surface area (Å²) in [5.41, 5.74) is 0.509. The Balaban J connectivity index is 2.01. The van der Waals surface area contributed by atoms with Crippen molar-refractivity contribution in [3.05, 3.63) is 76.3 Å². The van der Waals surface area contributed by atoms with Crippen LogP contribution < -0.4 is 9.62 Å².